The highest BCUT2D eigenvalue weighted by Gasteiger charge is 2.28. The molecular formula is C26H24Cl2N4O3. The van der Waals surface area contributed by atoms with Gasteiger partial charge in [0, 0.05) is 23.5 Å². The lowest BCUT2D eigenvalue weighted by molar-refractivity contribution is -0.146. The molecule has 0 spiro atoms. The summed E-state index contributed by atoms with van der Waals surface area (Å²) in [5, 5.41) is 16.0. The average Bonchev–Trinajstić information content (AvgIpc) is 2.87. The van der Waals surface area contributed by atoms with Crippen molar-refractivity contribution in [1.82, 2.24) is 15.3 Å². The standard InChI is InChI=1S/C26H24Cl2N4O3/c1-31(32(18-29)16-20-7-9-21(27)10-8-20)26(34)24(15-19-5-3-2-4-6-19)30-25(33)17-35-23-13-11-22(28)12-14-23/h2-14,24H,15-17H2,1H3,(H,30,33)/t24-/m0/s1. The molecule has 9 heteroatoms. The number of amides is 2. The van der Waals surface area contributed by atoms with Crippen LogP contribution in [-0.4, -0.2) is 41.5 Å². The molecule has 0 aliphatic rings. The third-order valence-electron chi connectivity index (χ3n) is 5.14. The summed E-state index contributed by atoms with van der Waals surface area (Å²) in [6, 6.07) is 22.0. The predicted molar refractivity (Wildman–Crippen MR) is 134 cm³/mol. The number of likely N-dealkylation sites (N-methyl/N-ethyl adjacent to an activating group) is 1. The number of rotatable bonds is 10. The first-order valence-electron chi connectivity index (χ1n) is 10.8. The molecule has 3 rings (SSSR count). The number of nitriles is 1. The molecule has 180 valence electrons. The Hall–Kier alpha value is -3.73. The van der Waals surface area contributed by atoms with Gasteiger partial charge in [-0.1, -0.05) is 65.7 Å². The van der Waals surface area contributed by atoms with Crippen molar-refractivity contribution in [2.24, 2.45) is 0 Å². The van der Waals surface area contributed by atoms with Crippen LogP contribution in [0, 0.1) is 11.5 Å². The first-order valence-corrected chi connectivity index (χ1v) is 11.5. The van der Waals surface area contributed by atoms with Crippen molar-refractivity contribution in [1.29, 1.82) is 5.26 Å². The molecule has 0 aliphatic carbocycles. The van der Waals surface area contributed by atoms with Crippen molar-refractivity contribution in [3.05, 3.63) is 100 Å². The highest BCUT2D eigenvalue weighted by molar-refractivity contribution is 6.30. The van der Waals surface area contributed by atoms with E-state index >= 15 is 0 Å². The van der Waals surface area contributed by atoms with E-state index in [0.29, 0.717) is 15.8 Å². The third-order valence-corrected chi connectivity index (χ3v) is 5.65. The molecule has 0 aromatic heterocycles. The van der Waals surface area contributed by atoms with Crippen molar-refractivity contribution < 1.29 is 14.3 Å². The molecule has 0 bridgehead atoms. The van der Waals surface area contributed by atoms with E-state index in [-0.39, 0.29) is 19.6 Å². The Bertz CT molecular complexity index is 1170. The molecule has 0 heterocycles. The van der Waals surface area contributed by atoms with Crippen LogP contribution < -0.4 is 10.1 Å². The van der Waals surface area contributed by atoms with Gasteiger partial charge in [0.05, 0.1) is 6.54 Å². The second kappa shape index (κ2) is 12.7. The molecule has 7 nitrogen and oxygen atoms in total. The Morgan fingerprint density at radius 2 is 1.54 bits per heavy atom. The monoisotopic (exact) mass is 510 g/mol. The lowest BCUT2D eigenvalue weighted by atomic mass is 10.1. The van der Waals surface area contributed by atoms with Crippen LogP contribution in [0.4, 0.5) is 0 Å². The molecule has 1 N–H and O–H groups in total. The fourth-order valence-corrected chi connectivity index (χ4v) is 3.53. The van der Waals surface area contributed by atoms with Crippen LogP contribution in [0.5, 0.6) is 5.75 Å². The Balaban J connectivity index is 1.70. The molecule has 1 atom stereocenters. The maximum atomic E-state index is 13.4. The van der Waals surface area contributed by atoms with Gasteiger partial charge in [0.2, 0.25) is 0 Å². The molecule has 2 amide bonds. The smallest absolute Gasteiger partial charge is 0.264 e. The number of hydrogen-bond donors (Lipinski definition) is 1. The molecule has 0 saturated carbocycles. The summed E-state index contributed by atoms with van der Waals surface area (Å²) in [5.74, 6) is -0.431. The molecule has 0 unspecified atom stereocenters. The highest BCUT2D eigenvalue weighted by Crippen LogP contribution is 2.16. The topological polar surface area (TPSA) is 85.7 Å². The number of halogens is 2. The van der Waals surface area contributed by atoms with Gasteiger partial charge in [0.15, 0.2) is 12.8 Å². The maximum absolute atomic E-state index is 13.4. The zero-order chi connectivity index (χ0) is 25.2. The summed E-state index contributed by atoms with van der Waals surface area (Å²) in [6.07, 6.45) is 2.27. The quantitative estimate of drug-likeness (QED) is 0.247. The molecule has 0 saturated heterocycles. The number of hydrazine groups is 1. The van der Waals surface area contributed by atoms with Gasteiger partial charge >= 0.3 is 0 Å². The van der Waals surface area contributed by atoms with Gasteiger partial charge < -0.3 is 10.1 Å². The van der Waals surface area contributed by atoms with Gasteiger partial charge in [-0.25, -0.2) is 10.0 Å². The Morgan fingerprint density at radius 3 is 2.14 bits per heavy atom. The molecule has 0 aliphatic heterocycles. The number of carbonyl (C=O) groups is 2. The van der Waals surface area contributed by atoms with Crippen molar-refractivity contribution in [3.8, 4) is 11.9 Å². The second-order valence-corrected chi connectivity index (χ2v) is 8.57. The molecule has 3 aromatic carbocycles. The van der Waals surface area contributed by atoms with Crippen LogP contribution >= 0.6 is 23.2 Å². The van der Waals surface area contributed by atoms with Crippen LogP contribution in [0.3, 0.4) is 0 Å². The third kappa shape index (κ3) is 7.92. The lowest BCUT2D eigenvalue weighted by Crippen LogP contribution is -2.53. The number of nitrogens with zero attached hydrogens (tertiary/aromatic N) is 3. The van der Waals surface area contributed by atoms with Crippen LogP contribution in [0.25, 0.3) is 0 Å². The van der Waals surface area contributed by atoms with Crippen molar-refractivity contribution in [2.75, 3.05) is 13.7 Å². The molecule has 3 aromatic rings. The van der Waals surface area contributed by atoms with Gasteiger partial charge in [-0.05, 0) is 47.5 Å². The van der Waals surface area contributed by atoms with E-state index in [1.54, 1.807) is 48.5 Å². The summed E-state index contributed by atoms with van der Waals surface area (Å²) in [6.45, 7) is -0.113. The highest BCUT2D eigenvalue weighted by atomic mass is 35.5. The van der Waals surface area contributed by atoms with Crippen molar-refractivity contribution >= 4 is 35.0 Å². The number of hydrogen-bond acceptors (Lipinski definition) is 5. The Kier molecular flexibility index (Phi) is 9.36. The average molecular weight is 511 g/mol. The lowest BCUT2D eigenvalue weighted by Gasteiger charge is -2.30. The van der Waals surface area contributed by atoms with E-state index in [1.165, 1.54) is 17.1 Å². The van der Waals surface area contributed by atoms with E-state index < -0.39 is 17.9 Å². The zero-order valence-corrected chi connectivity index (χ0v) is 20.5. The molecule has 35 heavy (non-hydrogen) atoms. The number of carbonyl (C=O) groups excluding carboxylic acids is 2. The summed E-state index contributed by atoms with van der Waals surface area (Å²) in [5.41, 5.74) is 1.66. The fraction of sp³-hybridized carbons (Fsp3) is 0.192. The Labute approximate surface area is 214 Å². The van der Waals surface area contributed by atoms with E-state index in [2.05, 4.69) is 5.32 Å². The van der Waals surface area contributed by atoms with Crippen LogP contribution in [-0.2, 0) is 22.6 Å². The summed E-state index contributed by atoms with van der Waals surface area (Å²) < 4.78 is 5.50. The van der Waals surface area contributed by atoms with Gasteiger partial charge in [-0.15, -0.1) is 0 Å². The fourth-order valence-electron chi connectivity index (χ4n) is 3.28. The van der Waals surface area contributed by atoms with Crippen molar-refractivity contribution in [3.63, 3.8) is 0 Å². The minimum Gasteiger partial charge on any atom is -0.484 e. The van der Waals surface area contributed by atoms with Gasteiger partial charge in [0.1, 0.15) is 11.8 Å². The number of nitrogens with one attached hydrogen (secondary N) is 1. The van der Waals surface area contributed by atoms with Crippen LogP contribution in [0.1, 0.15) is 11.1 Å². The van der Waals surface area contributed by atoms with E-state index in [1.807, 2.05) is 36.5 Å². The van der Waals surface area contributed by atoms with E-state index in [4.69, 9.17) is 27.9 Å². The van der Waals surface area contributed by atoms with Gasteiger partial charge in [-0.3, -0.25) is 9.59 Å². The van der Waals surface area contributed by atoms with Crippen LogP contribution in [0.2, 0.25) is 10.0 Å². The number of benzene rings is 3. The minimum atomic E-state index is -0.912. The number of ether oxygens (including phenoxy) is 1. The van der Waals surface area contributed by atoms with E-state index in [0.717, 1.165) is 11.1 Å². The SMILES string of the molecule is CN(C(=O)[C@H](Cc1ccccc1)NC(=O)COc1ccc(Cl)cc1)N(C#N)Cc1ccc(Cl)cc1. The van der Waals surface area contributed by atoms with Gasteiger partial charge in [0.25, 0.3) is 11.8 Å². The van der Waals surface area contributed by atoms with E-state index in [9.17, 15) is 14.9 Å². The predicted octanol–water partition coefficient (Wildman–Crippen LogP) is 4.46. The largest absolute Gasteiger partial charge is 0.484 e. The molecular weight excluding hydrogens is 487 g/mol. The first-order chi connectivity index (χ1) is 16.9. The molecule has 0 radical (unpaired) electrons. The van der Waals surface area contributed by atoms with Crippen molar-refractivity contribution in [2.45, 2.75) is 19.0 Å². The minimum absolute atomic E-state index is 0.168. The summed E-state index contributed by atoms with van der Waals surface area (Å²) in [7, 11) is 1.50. The first kappa shape index (κ1) is 25.9. The zero-order valence-electron chi connectivity index (χ0n) is 19.0. The molecule has 0 fully saturated rings. The summed E-state index contributed by atoms with van der Waals surface area (Å²) in [4.78, 5) is 26.0. The summed E-state index contributed by atoms with van der Waals surface area (Å²) >= 11 is 11.8. The normalized spacial score (nSPS) is 11.1. The maximum Gasteiger partial charge on any atom is 0.264 e. The van der Waals surface area contributed by atoms with Crippen LogP contribution in [0.15, 0.2) is 78.9 Å². The van der Waals surface area contributed by atoms with Gasteiger partial charge in [-0.2, -0.15) is 5.26 Å². The second-order valence-electron chi connectivity index (χ2n) is 7.70. The Morgan fingerprint density at radius 1 is 0.943 bits per heavy atom.